The van der Waals surface area contributed by atoms with E-state index in [4.69, 9.17) is 24.4 Å². The van der Waals surface area contributed by atoms with E-state index in [0.717, 1.165) is 55.4 Å². The number of anilines is 3. The lowest BCUT2D eigenvalue weighted by Crippen LogP contribution is -2.29. The van der Waals surface area contributed by atoms with Gasteiger partial charge in [0.05, 0.1) is 26.7 Å². The molecule has 1 aromatic carbocycles. The number of imidazole rings is 1. The molecule has 0 radical (unpaired) electrons. The fraction of sp³-hybridized carbons (Fsp3) is 0.560. The molecule has 34 heavy (non-hydrogen) atoms. The molecular formula is C25H34N6O3. The van der Waals surface area contributed by atoms with Crippen molar-refractivity contribution in [3.8, 4) is 11.5 Å². The number of hydrogen-bond donors (Lipinski definition) is 3. The third-order valence-corrected chi connectivity index (χ3v) is 7.03. The molecule has 2 heterocycles. The van der Waals surface area contributed by atoms with Crippen LogP contribution in [0.15, 0.2) is 24.5 Å². The molecule has 9 nitrogen and oxygen atoms in total. The summed E-state index contributed by atoms with van der Waals surface area (Å²) in [6, 6.07) is 6.31. The van der Waals surface area contributed by atoms with Crippen molar-refractivity contribution in [3.05, 3.63) is 24.5 Å². The Balaban J connectivity index is 1.52. The number of fused-ring (bicyclic) bond motifs is 1. The lowest BCUT2D eigenvalue weighted by molar-refractivity contribution is 0.126. The molecule has 0 unspecified atom stereocenters. The first-order chi connectivity index (χ1) is 16.6. The van der Waals surface area contributed by atoms with Crippen molar-refractivity contribution < 1.29 is 14.6 Å². The zero-order valence-corrected chi connectivity index (χ0v) is 20.0. The van der Waals surface area contributed by atoms with E-state index < -0.39 is 0 Å². The molecule has 2 aliphatic carbocycles. The first-order valence-electron chi connectivity index (χ1n) is 12.3. The number of benzene rings is 1. The van der Waals surface area contributed by atoms with Crippen LogP contribution in [0.2, 0.25) is 0 Å². The van der Waals surface area contributed by atoms with Crippen LogP contribution in [-0.4, -0.2) is 51.0 Å². The topological polar surface area (TPSA) is 106 Å². The number of rotatable bonds is 7. The number of aliphatic hydroxyl groups excluding tert-OH is 1. The predicted molar refractivity (Wildman–Crippen MR) is 132 cm³/mol. The summed E-state index contributed by atoms with van der Waals surface area (Å²) >= 11 is 0. The fourth-order valence-corrected chi connectivity index (χ4v) is 5.11. The van der Waals surface area contributed by atoms with Crippen molar-refractivity contribution in [3.63, 3.8) is 0 Å². The summed E-state index contributed by atoms with van der Waals surface area (Å²) in [5.41, 5.74) is 2.39. The quantitative estimate of drug-likeness (QED) is 0.456. The zero-order chi connectivity index (χ0) is 23.5. The highest BCUT2D eigenvalue weighted by atomic mass is 16.5. The molecule has 0 saturated heterocycles. The molecule has 0 bridgehead atoms. The summed E-state index contributed by atoms with van der Waals surface area (Å²) in [5.74, 6) is 2.62. The van der Waals surface area contributed by atoms with Gasteiger partial charge in [0, 0.05) is 36.0 Å². The lowest BCUT2D eigenvalue weighted by Gasteiger charge is -2.26. The van der Waals surface area contributed by atoms with Gasteiger partial charge < -0.3 is 29.8 Å². The van der Waals surface area contributed by atoms with Crippen molar-refractivity contribution in [2.24, 2.45) is 0 Å². The Hall–Kier alpha value is -3.07. The van der Waals surface area contributed by atoms with Crippen LogP contribution in [0.3, 0.4) is 0 Å². The van der Waals surface area contributed by atoms with Gasteiger partial charge in [-0.2, -0.15) is 9.97 Å². The Kier molecular flexibility index (Phi) is 6.71. The molecule has 0 amide bonds. The largest absolute Gasteiger partial charge is 0.497 e. The Morgan fingerprint density at radius 3 is 2.29 bits per heavy atom. The number of methoxy groups -OCH3 is 2. The highest BCUT2D eigenvalue weighted by molar-refractivity contribution is 5.87. The van der Waals surface area contributed by atoms with Gasteiger partial charge in [-0.1, -0.05) is 19.3 Å². The second-order valence-corrected chi connectivity index (χ2v) is 9.39. The second kappa shape index (κ2) is 10.0. The lowest BCUT2D eigenvalue weighted by atomic mass is 9.93. The highest BCUT2D eigenvalue weighted by Crippen LogP contribution is 2.34. The smallest absolute Gasteiger partial charge is 0.227 e. The predicted octanol–water partition coefficient (Wildman–Crippen LogP) is 4.81. The highest BCUT2D eigenvalue weighted by Gasteiger charge is 2.24. The molecule has 0 spiro atoms. The minimum absolute atomic E-state index is 0.200. The normalized spacial score (nSPS) is 21.4. The molecule has 0 atom stereocenters. The monoisotopic (exact) mass is 466 g/mol. The van der Waals surface area contributed by atoms with Crippen LogP contribution in [0.25, 0.3) is 11.2 Å². The van der Waals surface area contributed by atoms with Crippen molar-refractivity contribution in [1.82, 2.24) is 19.5 Å². The molecule has 9 heteroatoms. The van der Waals surface area contributed by atoms with Gasteiger partial charge in [0.25, 0.3) is 0 Å². The maximum atomic E-state index is 9.88. The summed E-state index contributed by atoms with van der Waals surface area (Å²) < 4.78 is 13.1. The number of aromatic nitrogens is 4. The number of nitrogens with zero attached hydrogens (tertiary/aromatic N) is 4. The van der Waals surface area contributed by atoms with Crippen LogP contribution in [-0.2, 0) is 0 Å². The van der Waals surface area contributed by atoms with Crippen LogP contribution >= 0.6 is 0 Å². The molecule has 3 aromatic rings. The maximum absolute atomic E-state index is 9.88. The van der Waals surface area contributed by atoms with E-state index in [-0.39, 0.29) is 12.1 Å². The van der Waals surface area contributed by atoms with Gasteiger partial charge >= 0.3 is 0 Å². The molecule has 0 aliphatic heterocycles. The third-order valence-electron chi connectivity index (χ3n) is 7.03. The first-order valence-corrected chi connectivity index (χ1v) is 12.3. The molecule has 2 aromatic heterocycles. The molecular weight excluding hydrogens is 432 g/mol. The van der Waals surface area contributed by atoms with Crippen molar-refractivity contribution in [2.75, 3.05) is 24.9 Å². The van der Waals surface area contributed by atoms with E-state index in [1.165, 1.54) is 19.3 Å². The molecule has 3 N–H and O–H groups in total. The van der Waals surface area contributed by atoms with Crippen LogP contribution in [0, 0.1) is 0 Å². The van der Waals surface area contributed by atoms with E-state index >= 15 is 0 Å². The maximum Gasteiger partial charge on any atom is 0.227 e. The fourth-order valence-electron chi connectivity index (χ4n) is 5.11. The number of ether oxygens (including phenoxy) is 2. The van der Waals surface area contributed by atoms with Crippen LogP contribution in [0.4, 0.5) is 17.5 Å². The van der Waals surface area contributed by atoms with Gasteiger partial charge in [-0.15, -0.1) is 0 Å². The van der Waals surface area contributed by atoms with E-state index in [1.807, 2.05) is 24.5 Å². The van der Waals surface area contributed by atoms with E-state index in [1.54, 1.807) is 14.2 Å². The summed E-state index contributed by atoms with van der Waals surface area (Å²) in [6.07, 6.45) is 11.2. The third kappa shape index (κ3) is 4.89. The van der Waals surface area contributed by atoms with Crippen LogP contribution in [0.5, 0.6) is 11.5 Å². The molecule has 2 fully saturated rings. The number of aliphatic hydroxyl groups is 1. The zero-order valence-electron chi connectivity index (χ0n) is 20.0. The van der Waals surface area contributed by atoms with Gasteiger partial charge in [0.15, 0.2) is 17.0 Å². The average molecular weight is 467 g/mol. The summed E-state index contributed by atoms with van der Waals surface area (Å²) in [7, 11) is 3.27. The number of nitrogens with one attached hydrogen (secondary N) is 2. The molecule has 2 saturated carbocycles. The van der Waals surface area contributed by atoms with E-state index in [0.29, 0.717) is 29.3 Å². The Morgan fingerprint density at radius 2 is 1.62 bits per heavy atom. The standard InChI is InChI=1S/C25H34N6O3/c1-33-20-12-17(13-21(14-20)34-2)27-23-22-24(31(15-26-22)18-6-4-3-5-7-18)30-25(29-23)28-16-8-10-19(32)11-9-16/h12-16,18-19,32H,3-11H2,1-2H3,(H2,27,28,29,30). The molecule has 5 rings (SSSR count). The minimum atomic E-state index is -0.200. The van der Waals surface area contributed by atoms with Gasteiger partial charge in [0.2, 0.25) is 5.95 Å². The van der Waals surface area contributed by atoms with Crippen LogP contribution < -0.4 is 20.1 Å². The van der Waals surface area contributed by atoms with Crippen LogP contribution in [0.1, 0.15) is 63.8 Å². The first kappa shape index (κ1) is 22.7. The van der Waals surface area contributed by atoms with Crippen molar-refractivity contribution in [1.29, 1.82) is 0 Å². The average Bonchev–Trinajstić information content (AvgIpc) is 3.30. The summed E-state index contributed by atoms with van der Waals surface area (Å²) in [5, 5.41) is 16.8. The summed E-state index contributed by atoms with van der Waals surface area (Å²) in [4.78, 5) is 14.5. The SMILES string of the molecule is COc1cc(Nc2nc(NC3CCC(O)CC3)nc3c2ncn3C2CCCCC2)cc(OC)c1. The van der Waals surface area contributed by atoms with Crippen molar-refractivity contribution >= 4 is 28.6 Å². The van der Waals surface area contributed by atoms with Gasteiger partial charge in [-0.3, -0.25) is 0 Å². The Morgan fingerprint density at radius 1 is 0.912 bits per heavy atom. The van der Waals surface area contributed by atoms with Gasteiger partial charge in [-0.05, 0) is 38.5 Å². The second-order valence-electron chi connectivity index (χ2n) is 9.39. The number of hydrogen-bond acceptors (Lipinski definition) is 8. The van der Waals surface area contributed by atoms with E-state index in [9.17, 15) is 5.11 Å². The Bertz CT molecular complexity index is 1100. The van der Waals surface area contributed by atoms with Crippen molar-refractivity contribution in [2.45, 2.75) is 76.0 Å². The van der Waals surface area contributed by atoms with Gasteiger partial charge in [-0.25, -0.2) is 4.98 Å². The molecule has 2 aliphatic rings. The minimum Gasteiger partial charge on any atom is -0.497 e. The summed E-state index contributed by atoms with van der Waals surface area (Å²) in [6.45, 7) is 0. The van der Waals surface area contributed by atoms with E-state index in [2.05, 4.69) is 15.2 Å². The molecule has 182 valence electrons. The van der Waals surface area contributed by atoms with Gasteiger partial charge in [0.1, 0.15) is 11.5 Å². The Labute approximate surface area is 199 Å².